The van der Waals surface area contributed by atoms with Crippen LogP contribution in [0.2, 0.25) is 0 Å². The lowest BCUT2D eigenvalue weighted by atomic mass is 10.1. The minimum Gasteiger partial charge on any atom is -0.394 e. The smallest absolute Gasteiger partial charge is 0.0697 e. The van der Waals surface area contributed by atoms with Crippen LogP contribution < -0.4 is 0 Å². The lowest BCUT2D eigenvalue weighted by Crippen LogP contribution is -2.00. The molecule has 0 rings (SSSR count). The third kappa shape index (κ3) is 28.1. The van der Waals surface area contributed by atoms with E-state index in [0.717, 1.165) is 13.0 Å². The van der Waals surface area contributed by atoms with Crippen LogP contribution in [0.1, 0.15) is 111 Å². The Labute approximate surface area is 141 Å². The molecule has 136 valence electrons. The highest BCUT2D eigenvalue weighted by molar-refractivity contribution is 4.45. The van der Waals surface area contributed by atoms with E-state index >= 15 is 0 Å². The summed E-state index contributed by atoms with van der Waals surface area (Å²) >= 11 is 0. The van der Waals surface area contributed by atoms with Gasteiger partial charge in [-0.1, -0.05) is 104 Å². The van der Waals surface area contributed by atoms with Crippen molar-refractivity contribution in [2.75, 3.05) is 19.8 Å². The molecule has 0 heterocycles. The highest BCUT2D eigenvalue weighted by Gasteiger charge is 1.91. The predicted octanol–water partition coefficient (Wildman–Crippen LogP) is 6.50. The fraction of sp³-hybridized carbons (Fsp3) is 1.00. The summed E-state index contributed by atoms with van der Waals surface area (Å²) in [4.78, 5) is 0. The Bertz CT molecular complexity index is 142. The van der Waals surface area contributed by atoms with Gasteiger partial charge in [-0.15, -0.1) is 0 Å². The number of aliphatic hydroxyl groups excluding tert-OH is 1. The highest BCUT2D eigenvalue weighted by atomic mass is 16.5. The van der Waals surface area contributed by atoms with Crippen molar-refractivity contribution in [3.05, 3.63) is 0 Å². The average molecular weight is 317 g/mol. The van der Waals surface area contributed by atoms with Gasteiger partial charge in [-0.05, 0) is 6.42 Å². The van der Waals surface area contributed by atoms with E-state index in [2.05, 4.69) is 20.8 Å². The molecule has 0 saturated carbocycles. The second-order valence-corrected chi connectivity index (χ2v) is 6.23. The molecule has 0 spiro atoms. The molecule has 0 amide bonds. The summed E-state index contributed by atoms with van der Waals surface area (Å²) in [5, 5.41) is 8.46. The van der Waals surface area contributed by atoms with Gasteiger partial charge in [0.25, 0.3) is 0 Å². The van der Waals surface area contributed by atoms with Gasteiger partial charge in [-0.25, -0.2) is 0 Å². The summed E-state index contributed by atoms with van der Waals surface area (Å²) in [6.07, 6.45) is 19.1. The molecule has 1 N–H and O–H groups in total. The SMILES string of the molecule is CCCCCCCC.CCCCCCCCCCOCCO. The topological polar surface area (TPSA) is 29.5 Å². The molecule has 2 nitrogen and oxygen atoms in total. The van der Waals surface area contributed by atoms with Gasteiger partial charge in [0, 0.05) is 6.61 Å². The van der Waals surface area contributed by atoms with Crippen LogP contribution in [-0.4, -0.2) is 24.9 Å². The average Bonchev–Trinajstić information content (AvgIpc) is 2.54. The summed E-state index contributed by atoms with van der Waals surface area (Å²) in [6, 6.07) is 0. The Balaban J connectivity index is 0. The van der Waals surface area contributed by atoms with Gasteiger partial charge in [-0.3, -0.25) is 0 Å². The Kier molecular flexibility index (Phi) is 28.4. The van der Waals surface area contributed by atoms with Crippen molar-refractivity contribution in [2.45, 2.75) is 111 Å². The largest absolute Gasteiger partial charge is 0.394 e. The highest BCUT2D eigenvalue weighted by Crippen LogP contribution is 2.08. The molecule has 0 fully saturated rings. The summed E-state index contributed by atoms with van der Waals surface area (Å²) < 4.78 is 5.18. The molecule has 0 aromatic heterocycles. The fourth-order valence-electron chi connectivity index (χ4n) is 2.36. The summed E-state index contributed by atoms with van der Waals surface area (Å²) in [5.41, 5.74) is 0. The lowest BCUT2D eigenvalue weighted by molar-refractivity contribution is 0.0895. The van der Waals surface area contributed by atoms with Gasteiger partial charge in [-0.2, -0.15) is 0 Å². The maximum absolute atomic E-state index is 8.46. The van der Waals surface area contributed by atoms with Gasteiger partial charge in [0.1, 0.15) is 0 Å². The van der Waals surface area contributed by atoms with E-state index in [1.807, 2.05) is 0 Å². The Morgan fingerprint density at radius 3 is 1.23 bits per heavy atom. The molecule has 0 radical (unpaired) electrons. The second kappa shape index (κ2) is 25.9. The molecule has 0 aromatic rings. The zero-order chi connectivity index (χ0) is 16.7. The quantitative estimate of drug-likeness (QED) is 0.329. The second-order valence-electron chi connectivity index (χ2n) is 6.23. The van der Waals surface area contributed by atoms with Crippen molar-refractivity contribution in [3.8, 4) is 0 Å². The van der Waals surface area contributed by atoms with E-state index in [0.29, 0.717) is 6.61 Å². The number of ether oxygens (including phenoxy) is 1. The number of hydrogen-bond donors (Lipinski definition) is 1. The van der Waals surface area contributed by atoms with Crippen LogP contribution in [0.3, 0.4) is 0 Å². The van der Waals surface area contributed by atoms with Gasteiger partial charge in [0.15, 0.2) is 0 Å². The molecule has 0 atom stereocenters. The number of rotatable bonds is 16. The number of aliphatic hydroxyl groups is 1. The van der Waals surface area contributed by atoms with Crippen molar-refractivity contribution >= 4 is 0 Å². The molecule has 0 aliphatic heterocycles. The van der Waals surface area contributed by atoms with Gasteiger partial charge in [0.2, 0.25) is 0 Å². The van der Waals surface area contributed by atoms with Crippen LogP contribution in [-0.2, 0) is 4.74 Å². The van der Waals surface area contributed by atoms with Crippen LogP contribution in [0.25, 0.3) is 0 Å². The minimum absolute atomic E-state index is 0.150. The van der Waals surface area contributed by atoms with E-state index in [1.54, 1.807) is 0 Å². The first-order valence-corrected chi connectivity index (χ1v) is 10.0. The van der Waals surface area contributed by atoms with Crippen molar-refractivity contribution in [1.82, 2.24) is 0 Å². The zero-order valence-corrected chi connectivity index (χ0v) is 15.9. The van der Waals surface area contributed by atoms with Gasteiger partial charge >= 0.3 is 0 Å². The Hall–Kier alpha value is -0.0800. The summed E-state index contributed by atoms with van der Waals surface area (Å²) in [6.45, 7) is 8.22. The monoisotopic (exact) mass is 316 g/mol. The molecule has 0 saturated heterocycles. The van der Waals surface area contributed by atoms with Crippen molar-refractivity contribution in [1.29, 1.82) is 0 Å². The fourth-order valence-corrected chi connectivity index (χ4v) is 2.36. The predicted molar refractivity (Wildman–Crippen MR) is 99.6 cm³/mol. The van der Waals surface area contributed by atoms with Crippen LogP contribution in [0, 0.1) is 0 Å². The van der Waals surface area contributed by atoms with Crippen molar-refractivity contribution in [3.63, 3.8) is 0 Å². The first-order chi connectivity index (χ1) is 10.8. The Morgan fingerprint density at radius 2 is 0.864 bits per heavy atom. The first-order valence-electron chi connectivity index (χ1n) is 10.0. The van der Waals surface area contributed by atoms with Crippen LogP contribution in [0.5, 0.6) is 0 Å². The van der Waals surface area contributed by atoms with Crippen LogP contribution >= 0.6 is 0 Å². The van der Waals surface area contributed by atoms with E-state index in [1.165, 1.54) is 83.5 Å². The van der Waals surface area contributed by atoms with Gasteiger partial charge in [0.05, 0.1) is 13.2 Å². The third-order valence-electron chi connectivity index (χ3n) is 3.83. The number of hydrogen-bond acceptors (Lipinski definition) is 2. The maximum atomic E-state index is 8.46. The zero-order valence-electron chi connectivity index (χ0n) is 15.9. The molecule has 2 heteroatoms. The molecule has 0 aliphatic rings. The number of unbranched alkanes of at least 4 members (excludes halogenated alkanes) is 12. The van der Waals surface area contributed by atoms with Crippen LogP contribution in [0.4, 0.5) is 0 Å². The summed E-state index contributed by atoms with van der Waals surface area (Å²) in [5.74, 6) is 0. The minimum atomic E-state index is 0.150. The van der Waals surface area contributed by atoms with Crippen molar-refractivity contribution in [2.24, 2.45) is 0 Å². The molecule has 0 aliphatic carbocycles. The molecule has 0 unspecified atom stereocenters. The van der Waals surface area contributed by atoms with Crippen LogP contribution in [0.15, 0.2) is 0 Å². The van der Waals surface area contributed by atoms with Crippen molar-refractivity contribution < 1.29 is 9.84 Å². The van der Waals surface area contributed by atoms with E-state index in [4.69, 9.17) is 9.84 Å². The molecular weight excluding hydrogens is 272 g/mol. The van der Waals surface area contributed by atoms with E-state index < -0.39 is 0 Å². The molecule has 22 heavy (non-hydrogen) atoms. The van der Waals surface area contributed by atoms with Gasteiger partial charge < -0.3 is 9.84 Å². The van der Waals surface area contributed by atoms with E-state index in [-0.39, 0.29) is 6.61 Å². The third-order valence-corrected chi connectivity index (χ3v) is 3.83. The molecular formula is C20H44O2. The molecule has 0 aromatic carbocycles. The molecule has 0 bridgehead atoms. The lowest BCUT2D eigenvalue weighted by Gasteiger charge is -2.02. The normalized spacial score (nSPS) is 10.4. The maximum Gasteiger partial charge on any atom is 0.0697 e. The standard InChI is InChI=1S/C12H26O2.C8H18/c1-2-3-4-5-6-7-8-9-11-14-12-10-13;1-3-5-7-8-6-4-2/h13H,2-12H2,1H3;3-8H2,1-2H3. The summed E-state index contributed by atoms with van der Waals surface area (Å²) in [7, 11) is 0. The Morgan fingerprint density at radius 1 is 0.500 bits per heavy atom. The van der Waals surface area contributed by atoms with E-state index in [9.17, 15) is 0 Å². The first kappa shape index (κ1) is 24.2.